The number of anilines is 1. The van der Waals surface area contributed by atoms with Gasteiger partial charge in [0, 0.05) is 18.5 Å². The lowest BCUT2D eigenvalue weighted by atomic mass is 10.0. The standard InChI is InChI=1S/C23H29F2N3O4/c1-13-11-16(7-8-17(13)25)26-21(30)18-14(2)19(28(10-9-24)15(18)3)20(29)22(31)27-23(4,5)12-32-6/h7-8,11H,9-10,12H2,1-6H3,(H,26,30)(H,27,31). The number of aromatic nitrogens is 1. The van der Waals surface area contributed by atoms with E-state index in [1.807, 2.05) is 0 Å². The maximum atomic E-state index is 13.5. The van der Waals surface area contributed by atoms with Crippen LogP contribution in [0.5, 0.6) is 0 Å². The highest BCUT2D eigenvalue weighted by Crippen LogP contribution is 2.25. The number of carbonyl (C=O) groups excluding carboxylic acids is 3. The summed E-state index contributed by atoms with van der Waals surface area (Å²) < 4.78 is 33.2. The van der Waals surface area contributed by atoms with E-state index in [0.717, 1.165) is 0 Å². The summed E-state index contributed by atoms with van der Waals surface area (Å²) in [6.45, 7) is 7.29. The largest absolute Gasteiger partial charge is 0.382 e. The minimum absolute atomic E-state index is 0.0497. The third kappa shape index (κ3) is 5.40. The Morgan fingerprint density at radius 2 is 1.81 bits per heavy atom. The number of rotatable bonds is 9. The molecule has 0 aliphatic carbocycles. The van der Waals surface area contributed by atoms with Gasteiger partial charge in [-0.3, -0.25) is 14.4 Å². The van der Waals surface area contributed by atoms with Gasteiger partial charge in [-0.2, -0.15) is 0 Å². The highest BCUT2D eigenvalue weighted by molar-refractivity contribution is 6.43. The third-order valence-electron chi connectivity index (χ3n) is 5.10. The van der Waals surface area contributed by atoms with Gasteiger partial charge in [0.1, 0.15) is 12.5 Å². The van der Waals surface area contributed by atoms with E-state index in [9.17, 15) is 23.2 Å². The molecule has 0 bridgehead atoms. The number of methoxy groups -OCH3 is 1. The zero-order chi connectivity index (χ0) is 24.2. The van der Waals surface area contributed by atoms with Crippen LogP contribution in [0.4, 0.5) is 14.5 Å². The summed E-state index contributed by atoms with van der Waals surface area (Å²) in [7, 11) is 1.48. The highest BCUT2D eigenvalue weighted by Gasteiger charge is 2.32. The van der Waals surface area contributed by atoms with Crippen molar-refractivity contribution in [3.05, 3.63) is 52.1 Å². The molecular weight excluding hydrogens is 420 g/mol. The van der Waals surface area contributed by atoms with Crippen molar-refractivity contribution in [3.63, 3.8) is 0 Å². The molecule has 0 atom stereocenters. The number of ketones is 1. The van der Waals surface area contributed by atoms with Gasteiger partial charge >= 0.3 is 0 Å². The molecule has 0 aliphatic heterocycles. The SMILES string of the molecule is COCC(C)(C)NC(=O)C(=O)c1c(C)c(C(=O)Nc2ccc(F)c(C)c2)c(C)n1CCF. The van der Waals surface area contributed by atoms with E-state index in [0.29, 0.717) is 16.9 Å². The van der Waals surface area contributed by atoms with Crippen LogP contribution in [0.1, 0.15) is 51.5 Å². The number of aryl methyl sites for hydroxylation is 1. The zero-order valence-electron chi connectivity index (χ0n) is 19.2. The van der Waals surface area contributed by atoms with Gasteiger partial charge in [0.15, 0.2) is 0 Å². The zero-order valence-corrected chi connectivity index (χ0v) is 19.2. The third-order valence-corrected chi connectivity index (χ3v) is 5.10. The fraction of sp³-hybridized carbons (Fsp3) is 0.435. The first-order chi connectivity index (χ1) is 14.9. The first-order valence-electron chi connectivity index (χ1n) is 10.1. The van der Waals surface area contributed by atoms with Crippen molar-refractivity contribution >= 4 is 23.3 Å². The normalized spacial score (nSPS) is 11.4. The molecule has 0 aliphatic rings. The smallest absolute Gasteiger partial charge is 0.294 e. The van der Waals surface area contributed by atoms with Crippen LogP contribution in [0.15, 0.2) is 18.2 Å². The molecule has 0 radical (unpaired) electrons. The van der Waals surface area contributed by atoms with Crippen LogP contribution in [0, 0.1) is 26.6 Å². The van der Waals surface area contributed by atoms with Gasteiger partial charge < -0.3 is 19.9 Å². The van der Waals surface area contributed by atoms with Gasteiger partial charge in [-0.15, -0.1) is 0 Å². The van der Waals surface area contributed by atoms with Crippen molar-refractivity contribution in [2.75, 3.05) is 25.7 Å². The summed E-state index contributed by atoms with van der Waals surface area (Å²) in [5.74, 6) is -2.70. The molecule has 0 spiro atoms. The molecular formula is C23H29F2N3O4. The minimum Gasteiger partial charge on any atom is -0.382 e. The Morgan fingerprint density at radius 1 is 1.16 bits per heavy atom. The molecule has 0 unspecified atom stereocenters. The van der Waals surface area contributed by atoms with E-state index >= 15 is 0 Å². The number of amides is 2. The van der Waals surface area contributed by atoms with Gasteiger partial charge in [-0.25, -0.2) is 8.78 Å². The number of alkyl halides is 1. The summed E-state index contributed by atoms with van der Waals surface area (Å²) >= 11 is 0. The summed E-state index contributed by atoms with van der Waals surface area (Å²) in [5.41, 5.74) is 0.651. The van der Waals surface area contributed by atoms with Gasteiger partial charge in [-0.05, 0) is 63.9 Å². The Hall–Kier alpha value is -3.07. The number of Topliss-reactive ketones (excluding diaryl/α,β-unsaturated/α-hetero) is 1. The van der Waals surface area contributed by atoms with Crippen molar-refractivity contribution in [1.82, 2.24) is 9.88 Å². The Labute approximate surface area is 186 Å². The van der Waals surface area contributed by atoms with Crippen LogP contribution in [0.2, 0.25) is 0 Å². The number of hydrogen-bond donors (Lipinski definition) is 2. The Bertz CT molecular complexity index is 1040. The fourth-order valence-electron chi connectivity index (χ4n) is 3.67. The Balaban J connectivity index is 2.43. The van der Waals surface area contributed by atoms with Crippen molar-refractivity contribution in [3.8, 4) is 0 Å². The second-order valence-electron chi connectivity index (χ2n) is 8.29. The Morgan fingerprint density at radius 3 is 2.38 bits per heavy atom. The summed E-state index contributed by atoms with van der Waals surface area (Å²) in [4.78, 5) is 38.6. The maximum absolute atomic E-state index is 13.5. The van der Waals surface area contributed by atoms with E-state index < -0.39 is 35.6 Å². The molecule has 0 fully saturated rings. The number of nitrogens with one attached hydrogen (secondary N) is 2. The van der Waals surface area contributed by atoms with Crippen LogP contribution in [0.3, 0.4) is 0 Å². The predicted molar refractivity (Wildman–Crippen MR) is 117 cm³/mol. The molecule has 1 aromatic carbocycles. The fourth-order valence-corrected chi connectivity index (χ4v) is 3.67. The molecule has 9 heteroatoms. The summed E-state index contributed by atoms with van der Waals surface area (Å²) in [6, 6.07) is 4.13. The molecule has 32 heavy (non-hydrogen) atoms. The number of hydrogen-bond acceptors (Lipinski definition) is 4. The molecule has 1 aromatic heterocycles. The maximum Gasteiger partial charge on any atom is 0.294 e. The second-order valence-corrected chi connectivity index (χ2v) is 8.29. The van der Waals surface area contributed by atoms with Gasteiger partial charge in [-0.1, -0.05) is 0 Å². The van der Waals surface area contributed by atoms with Crippen LogP contribution >= 0.6 is 0 Å². The molecule has 2 aromatic rings. The predicted octanol–water partition coefficient (Wildman–Crippen LogP) is 3.50. The molecule has 0 saturated carbocycles. The van der Waals surface area contributed by atoms with E-state index in [4.69, 9.17) is 4.74 Å². The quantitative estimate of drug-likeness (QED) is 0.453. The lowest BCUT2D eigenvalue weighted by Crippen LogP contribution is -2.49. The molecule has 1 heterocycles. The monoisotopic (exact) mass is 449 g/mol. The molecule has 7 nitrogen and oxygen atoms in total. The van der Waals surface area contributed by atoms with Crippen molar-refractivity contribution in [2.24, 2.45) is 0 Å². The van der Waals surface area contributed by atoms with E-state index in [2.05, 4.69) is 10.6 Å². The number of nitrogens with zero attached hydrogens (tertiary/aromatic N) is 1. The summed E-state index contributed by atoms with van der Waals surface area (Å²) in [6.07, 6.45) is 0. The summed E-state index contributed by atoms with van der Waals surface area (Å²) in [5, 5.41) is 5.28. The van der Waals surface area contributed by atoms with E-state index in [1.165, 1.54) is 36.8 Å². The van der Waals surface area contributed by atoms with Gasteiger partial charge in [0.2, 0.25) is 0 Å². The number of benzene rings is 1. The first-order valence-corrected chi connectivity index (χ1v) is 10.1. The van der Waals surface area contributed by atoms with E-state index in [-0.39, 0.29) is 30.0 Å². The Kier molecular flexibility index (Phi) is 7.90. The molecule has 2 rings (SSSR count). The van der Waals surface area contributed by atoms with Gasteiger partial charge in [0.05, 0.1) is 29.9 Å². The van der Waals surface area contributed by atoms with Crippen molar-refractivity contribution in [2.45, 2.75) is 46.7 Å². The van der Waals surface area contributed by atoms with Crippen LogP contribution in [-0.4, -0.2) is 48.1 Å². The topological polar surface area (TPSA) is 89.4 Å². The number of ether oxygens (including phenoxy) is 1. The van der Waals surface area contributed by atoms with Crippen LogP contribution in [-0.2, 0) is 16.1 Å². The minimum atomic E-state index is -0.881. The lowest BCUT2D eigenvalue weighted by molar-refractivity contribution is -0.119. The number of carbonyl (C=O) groups is 3. The molecule has 2 N–H and O–H groups in total. The average Bonchev–Trinajstić information content (AvgIpc) is 2.93. The van der Waals surface area contributed by atoms with Crippen LogP contribution in [0.25, 0.3) is 0 Å². The van der Waals surface area contributed by atoms with Crippen LogP contribution < -0.4 is 10.6 Å². The van der Waals surface area contributed by atoms with Crippen molar-refractivity contribution < 1.29 is 27.9 Å². The highest BCUT2D eigenvalue weighted by atomic mass is 19.1. The lowest BCUT2D eigenvalue weighted by Gasteiger charge is -2.25. The van der Waals surface area contributed by atoms with Gasteiger partial charge in [0.25, 0.3) is 17.6 Å². The van der Waals surface area contributed by atoms with Crippen molar-refractivity contribution in [1.29, 1.82) is 0 Å². The molecule has 174 valence electrons. The van der Waals surface area contributed by atoms with E-state index in [1.54, 1.807) is 27.7 Å². The molecule has 0 saturated heterocycles. The average molecular weight is 449 g/mol. The first kappa shape index (κ1) is 25.2. The molecule has 2 amide bonds. The number of halogens is 2. The second kappa shape index (κ2) is 10.0.